The molecule has 6 nitrogen and oxygen atoms in total. The lowest BCUT2D eigenvalue weighted by molar-refractivity contribution is 0.896. The van der Waals surface area contributed by atoms with Gasteiger partial charge in [0.25, 0.3) is 5.78 Å². The third-order valence-corrected chi connectivity index (χ3v) is 3.68. The van der Waals surface area contributed by atoms with Crippen molar-refractivity contribution in [2.24, 2.45) is 0 Å². The van der Waals surface area contributed by atoms with Gasteiger partial charge in [0, 0.05) is 6.54 Å². The van der Waals surface area contributed by atoms with E-state index in [0.717, 1.165) is 5.56 Å². The molecule has 3 aromatic rings. The van der Waals surface area contributed by atoms with Crippen LogP contribution in [0.1, 0.15) is 11.1 Å². The van der Waals surface area contributed by atoms with Crippen molar-refractivity contribution in [3.05, 3.63) is 47.8 Å². The number of nitriles is 1. The molecule has 21 heavy (non-hydrogen) atoms. The molecule has 0 atom stereocenters. The minimum absolute atomic E-state index is 0.480. The molecule has 0 aliphatic rings. The minimum Gasteiger partial charge on any atom is -0.365 e. The summed E-state index contributed by atoms with van der Waals surface area (Å²) in [4.78, 5) is 8.43. The van der Waals surface area contributed by atoms with Crippen molar-refractivity contribution in [2.45, 2.75) is 11.6 Å². The molecular formula is C14H12N6S. The van der Waals surface area contributed by atoms with E-state index in [9.17, 15) is 5.26 Å². The molecule has 0 amide bonds. The second-order valence-corrected chi connectivity index (χ2v) is 5.06. The Morgan fingerprint density at radius 2 is 2.14 bits per heavy atom. The maximum atomic E-state index is 9.42. The number of anilines is 1. The van der Waals surface area contributed by atoms with Crippen LogP contribution >= 0.6 is 11.8 Å². The van der Waals surface area contributed by atoms with Gasteiger partial charge in [0.2, 0.25) is 0 Å². The van der Waals surface area contributed by atoms with Gasteiger partial charge in [-0.15, -0.1) is 11.8 Å². The van der Waals surface area contributed by atoms with E-state index in [2.05, 4.69) is 26.5 Å². The van der Waals surface area contributed by atoms with Crippen LogP contribution in [0.5, 0.6) is 0 Å². The fourth-order valence-corrected chi connectivity index (χ4v) is 2.54. The van der Waals surface area contributed by atoms with Crippen LogP contribution in [0.2, 0.25) is 0 Å². The maximum absolute atomic E-state index is 9.42. The van der Waals surface area contributed by atoms with Crippen molar-refractivity contribution in [3.63, 3.8) is 0 Å². The lowest BCUT2D eigenvalue weighted by Crippen LogP contribution is -2.09. The van der Waals surface area contributed by atoms with Gasteiger partial charge in [-0.25, -0.2) is 4.98 Å². The van der Waals surface area contributed by atoms with Crippen LogP contribution in [0.3, 0.4) is 0 Å². The van der Waals surface area contributed by atoms with Crippen LogP contribution in [0, 0.1) is 11.3 Å². The minimum atomic E-state index is 0.480. The van der Waals surface area contributed by atoms with Crippen LogP contribution in [0.25, 0.3) is 5.78 Å². The molecule has 0 saturated heterocycles. The number of rotatable bonds is 4. The highest BCUT2D eigenvalue weighted by atomic mass is 32.2. The molecule has 0 spiro atoms. The number of nitrogens with one attached hydrogen (secondary N) is 1. The van der Waals surface area contributed by atoms with E-state index in [0.29, 0.717) is 28.7 Å². The van der Waals surface area contributed by atoms with E-state index in [1.807, 2.05) is 36.6 Å². The molecule has 2 aromatic heterocycles. The van der Waals surface area contributed by atoms with Gasteiger partial charge in [-0.2, -0.15) is 19.9 Å². The average Bonchev–Trinajstić information content (AvgIpc) is 3.00. The van der Waals surface area contributed by atoms with Crippen LogP contribution in [0.4, 0.5) is 5.82 Å². The van der Waals surface area contributed by atoms with E-state index in [1.54, 1.807) is 4.52 Å². The molecule has 104 valence electrons. The molecule has 0 radical (unpaired) electrons. The van der Waals surface area contributed by atoms with Crippen molar-refractivity contribution < 1.29 is 0 Å². The van der Waals surface area contributed by atoms with E-state index in [1.165, 1.54) is 18.1 Å². The first-order valence-corrected chi connectivity index (χ1v) is 7.51. The van der Waals surface area contributed by atoms with Gasteiger partial charge < -0.3 is 5.32 Å². The zero-order chi connectivity index (χ0) is 14.7. The number of benzene rings is 1. The number of fused-ring (bicyclic) bond motifs is 1. The summed E-state index contributed by atoms with van der Waals surface area (Å²) in [6, 6.07) is 12.2. The monoisotopic (exact) mass is 296 g/mol. The first kappa shape index (κ1) is 13.4. The molecule has 2 heterocycles. The Morgan fingerprint density at radius 3 is 2.86 bits per heavy atom. The number of aromatic nitrogens is 4. The van der Waals surface area contributed by atoms with Crippen molar-refractivity contribution >= 4 is 23.4 Å². The molecule has 0 aliphatic heterocycles. The van der Waals surface area contributed by atoms with Crippen molar-refractivity contribution in [1.29, 1.82) is 5.26 Å². The Morgan fingerprint density at radius 1 is 1.33 bits per heavy atom. The third kappa shape index (κ3) is 2.53. The first-order chi connectivity index (χ1) is 10.3. The van der Waals surface area contributed by atoms with Crippen LogP contribution in [-0.2, 0) is 6.54 Å². The normalized spacial score (nSPS) is 10.5. The van der Waals surface area contributed by atoms with E-state index >= 15 is 0 Å². The average molecular weight is 296 g/mol. The van der Waals surface area contributed by atoms with Gasteiger partial charge >= 0.3 is 0 Å². The summed E-state index contributed by atoms with van der Waals surface area (Å²) in [6.07, 6.45) is 3.32. The van der Waals surface area contributed by atoms with Crippen molar-refractivity contribution in [3.8, 4) is 6.07 Å². The highest BCUT2D eigenvalue weighted by Crippen LogP contribution is 2.25. The molecule has 3 rings (SSSR count). The second kappa shape index (κ2) is 5.81. The molecule has 1 aromatic carbocycles. The Balaban J connectivity index is 2.03. The summed E-state index contributed by atoms with van der Waals surface area (Å²) in [5.74, 6) is 1.10. The van der Waals surface area contributed by atoms with Gasteiger partial charge in [-0.05, 0) is 11.8 Å². The summed E-state index contributed by atoms with van der Waals surface area (Å²) in [5, 5.41) is 17.5. The molecule has 0 aliphatic carbocycles. The van der Waals surface area contributed by atoms with Gasteiger partial charge in [-0.1, -0.05) is 30.3 Å². The fourth-order valence-electron chi connectivity index (χ4n) is 2.02. The number of hydrogen-bond donors (Lipinski definition) is 1. The number of nitrogens with zero attached hydrogens (tertiary/aromatic N) is 5. The molecule has 0 saturated carbocycles. The predicted octanol–water partition coefficient (Wildman–Crippen LogP) is 2.33. The van der Waals surface area contributed by atoms with Crippen LogP contribution in [0.15, 0.2) is 41.7 Å². The highest BCUT2D eigenvalue weighted by Gasteiger charge is 2.15. The summed E-state index contributed by atoms with van der Waals surface area (Å²) in [7, 11) is 0. The summed E-state index contributed by atoms with van der Waals surface area (Å²) in [5.41, 5.74) is 1.61. The first-order valence-electron chi connectivity index (χ1n) is 6.29. The molecule has 7 heteroatoms. The molecule has 0 unspecified atom stereocenters. The van der Waals surface area contributed by atoms with Gasteiger partial charge in [-0.3, -0.25) is 0 Å². The summed E-state index contributed by atoms with van der Waals surface area (Å²) in [6.45, 7) is 0.600. The number of thioether (sulfide) groups is 1. The lowest BCUT2D eigenvalue weighted by Gasteiger charge is -2.11. The molecule has 0 fully saturated rings. The topological polar surface area (TPSA) is 78.9 Å². The van der Waals surface area contributed by atoms with Gasteiger partial charge in [0.15, 0.2) is 5.82 Å². The highest BCUT2D eigenvalue weighted by molar-refractivity contribution is 7.98. The van der Waals surface area contributed by atoms with Crippen molar-refractivity contribution in [1.82, 2.24) is 19.6 Å². The molecule has 0 bridgehead atoms. The zero-order valence-corrected chi connectivity index (χ0v) is 12.1. The van der Waals surface area contributed by atoms with Crippen molar-refractivity contribution in [2.75, 3.05) is 11.6 Å². The smallest absolute Gasteiger partial charge is 0.255 e. The third-order valence-electron chi connectivity index (χ3n) is 3.00. The Kier molecular flexibility index (Phi) is 3.71. The fraction of sp³-hybridized carbons (Fsp3) is 0.143. The van der Waals surface area contributed by atoms with E-state index in [4.69, 9.17) is 0 Å². The number of hydrogen-bond acceptors (Lipinski definition) is 6. The summed E-state index contributed by atoms with van der Waals surface area (Å²) < 4.78 is 1.56. The lowest BCUT2D eigenvalue weighted by atomic mass is 10.2. The Labute approximate surface area is 125 Å². The van der Waals surface area contributed by atoms with E-state index in [-0.39, 0.29) is 0 Å². The van der Waals surface area contributed by atoms with Crippen LogP contribution in [-0.4, -0.2) is 25.8 Å². The largest absolute Gasteiger partial charge is 0.365 e. The van der Waals surface area contributed by atoms with Gasteiger partial charge in [0.1, 0.15) is 23.0 Å². The Bertz CT molecular complexity index is 805. The SMILES string of the molecule is CSc1nc2ncnn2c(NCc2ccccc2)c1C#N. The Hall–Kier alpha value is -2.59. The maximum Gasteiger partial charge on any atom is 0.255 e. The standard InChI is InChI=1S/C14H12N6S/c1-21-13-11(7-15)12(20-14(19-13)17-9-18-20)16-8-10-5-3-2-4-6-10/h2-6,9,16H,8H2,1H3. The predicted molar refractivity (Wildman–Crippen MR) is 81.0 cm³/mol. The van der Waals surface area contributed by atoms with Gasteiger partial charge in [0.05, 0.1) is 0 Å². The quantitative estimate of drug-likeness (QED) is 0.588. The van der Waals surface area contributed by atoms with E-state index < -0.39 is 0 Å². The molecular weight excluding hydrogens is 284 g/mol. The second-order valence-electron chi connectivity index (χ2n) is 4.27. The molecule has 1 N–H and O–H groups in total. The summed E-state index contributed by atoms with van der Waals surface area (Å²) >= 11 is 1.42. The van der Waals surface area contributed by atoms with Crippen LogP contribution < -0.4 is 5.32 Å². The zero-order valence-electron chi connectivity index (χ0n) is 11.3.